The minimum absolute atomic E-state index is 0.115. The van der Waals surface area contributed by atoms with Gasteiger partial charge in [0.25, 0.3) is 5.69 Å². The van der Waals surface area contributed by atoms with Gasteiger partial charge in [0.05, 0.1) is 17.7 Å². The number of aromatic nitrogens is 1. The first-order valence-corrected chi connectivity index (χ1v) is 10.3. The zero-order valence-electron chi connectivity index (χ0n) is 15.6. The van der Waals surface area contributed by atoms with Crippen LogP contribution in [0.4, 0.5) is 11.4 Å². The lowest BCUT2D eigenvalue weighted by atomic mass is 9.97. The molecule has 0 bridgehead atoms. The molecule has 1 aliphatic rings. The average Bonchev–Trinajstić information content (AvgIpc) is 2.74. The molecule has 10 nitrogen and oxygen atoms in total. The number of hydrogen-bond donors (Lipinski definition) is 1. The molecule has 1 N–H and O–H groups in total. The Kier molecular flexibility index (Phi) is 6.09. The van der Waals surface area contributed by atoms with Crippen LogP contribution in [-0.4, -0.2) is 48.7 Å². The first-order chi connectivity index (χ1) is 13.8. The van der Waals surface area contributed by atoms with Crippen molar-refractivity contribution in [3.05, 3.63) is 52.8 Å². The number of ether oxygens (including phenoxy) is 1. The number of carbonyl (C=O) groups excluding carboxylic acids is 1. The third-order valence-corrected chi connectivity index (χ3v) is 6.63. The molecule has 2 heterocycles. The van der Waals surface area contributed by atoms with Gasteiger partial charge in [-0.1, -0.05) is 0 Å². The third-order valence-electron chi connectivity index (χ3n) is 4.75. The van der Waals surface area contributed by atoms with E-state index >= 15 is 0 Å². The van der Waals surface area contributed by atoms with Crippen LogP contribution in [0.2, 0.25) is 0 Å². The highest BCUT2D eigenvalue weighted by atomic mass is 32.2. The molecule has 29 heavy (non-hydrogen) atoms. The molecule has 11 heteroatoms. The Morgan fingerprint density at radius 3 is 2.62 bits per heavy atom. The standard InChI is InChI=1S/C18H20N4O6S/c1-28-17-5-4-14(22(24)25)11-16(17)20-18(23)13-6-9-21(10-7-13)29(26,27)15-3-2-8-19-12-15/h2-5,8,11-13H,6-7,9-10H2,1H3,(H,20,23). The van der Waals surface area contributed by atoms with E-state index in [9.17, 15) is 23.3 Å². The number of pyridine rings is 1. The van der Waals surface area contributed by atoms with E-state index in [1.54, 1.807) is 6.07 Å². The second-order valence-corrected chi connectivity index (χ2v) is 8.44. The highest BCUT2D eigenvalue weighted by molar-refractivity contribution is 7.89. The van der Waals surface area contributed by atoms with E-state index in [-0.39, 0.29) is 35.3 Å². The van der Waals surface area contributed by atoms with Crippen LogP contribution in [0.5, 0.6) is 5.75 Å². The third kappa shape index (κ3) is 4.51. The Morgan fingerprint density at radius 2 is 2.03 bits per heavy atom. The molecule has 1 aromatic carbocycles. The summed E-state index contributed by atoms with van der Waals surface area (Å²) < 4.78 is 31.8. The van der Waals surface area contributed by atoms with Crippen molar-refractivity contribution in [1.82, 2.24) is 9.29 Å². The van der Waals surface area contributed by atoms with Crippen LogP contribution in [0, 0.1) is 16.0 Å². The minimum Gasteiger partial charge on any atom is -0.495 e. The predicted molar refractivity (Wildman–Crippen MR) is 104 cm³/mol. The SMILES string of the molecule is COc1ccc([N+](=O)[O-])cc1NC(=O)C1CCN(S(=O)(=O)c2cccnc2)CC1. The largest absolute Gasteiger partial charge is 0.495 e. The minimum atomic E-state index is -3.65. The van der Waals surface area contributed by atoms with Gasteiger partial charge in [0.1, 0.15) is 10.6 Å². The van der Waals surface area contributed by atoms with E-state index in [1.165, 1.54) is 48.1 Å². The van der Waals surface area contributed by atoms with Crippen LogP contribution < -0.4 is 10.1 Å². The Morgan fingerprint density at radius 1 is 1.31 bits per heavy atom. The molecule has 3 rings (SSSR count). The Hall–Kier alpha value is -3.05. The van der Waals surface area contributed by atoms with Crippen LogP contribution in [0.15, 0.2) is 47.6 Å². The maximum atomic E-state index is 12.6. The number of non-ortho nitro benzene ring substituents is 1. The van der Waals surface area contributed by atoms with E-state index in [2.05, 4.69) is 10.3 Å². The van der Waals surface area contributed by atoms with E-state index < -0.39 is 20.9 Å². The molecule has 0 radical (unpaired) electrons. The summed E-state index contributed by atoms with van der Waals surface area (Å²) in [4.78, 5) is 27.0. The van der Waals surface area contributed by atoms with Crippen LogP contribution >= 0.6 is 0 Å². The number of nitro groups is 1. The van der Waals surface area contributed by atoms with Crippen molar-refractivity contribution >= 4 is 27.3 Å². The Labute approximate surface area is 167 Å². The van der Waals surface area contributed by atoms with Crippen LogP contribution in [-0.2, 0) is 14.8 Å². The van der Waals surface area contributed by atoms with Gasteiger partial charge in [0.15, 0.2) is 0 Å². The fraction of sp³-hybridized carbons (Fsp3) is 0.333. The quantitative estimate of drug-likeness (QED) is 0.559. The molecular formula is C18H20N4O6S. The summed E-state index contributed by atoms with van der Waals surface area (Å²) in [5.74, 6) is -0.443. The van der Waals surface area contributed by atoms with E-state index in [1.807, 2.05) is 0 Å². The number of piperidine rings is 1. The van der Waals surface area contributed by atoms with Crippen molar-refractivity contribution < 1.29 is 22.9 Å². The van der Waals surface area contributed by atoms with E-state index in [4.69, 9.17) is 4.74 Å². The molecule has 1 amide bonds. The lowest BCUT2D eigenvalue weighted by molar-refractivity contribution is -0.384. The van der Waals surface area contributed by atoms with Gasteiger partial charge in [-0.3, -0.25) is 19.9 Å². The summed E-state index contributed by atoms with van der Waals surface area (Å²) in [5, 5.41) is 13.6. The summed E-state index contributed by atoms with van der Waals surface area (Å²) in [6, 6.07) is 6.97. The molecule has 2 aromatic rings. The number of benzene rings is 1. The summed E-state index contributed by atoms with van der Waals surface area (Å²) in [6.07, 6.45) is 3.46. The summed E-state index contributed by atoms with van der Waals surface area (Å²) >= 11 is 0. The van der Waals surface area contributed by atoms with Gasteiger partial charge in [-0.05, 0) is 31.0 Å². The number of amides is 1. The molecule has 1 fully saturated rings. The van der Waals surface area contributed by atoms with Crippen molar-refractivity contribution in [2.45, 2.75) is 17.7 Å². The molecule has 0 atom stereocenters. The molecular weight excluding hydrogens is 400 g/mol. The normalized spacial score (nSPS) is 15.6. The van der Waals surface area contributed by atoms with Gasteiger partial charge >= 0.3 is 0 Å². The van der Waals surface area contributed by atoms with Crippen LogP contribution in [0.25, 0.3) is 0 Å². The molecule has 1 aliphatic heterocycles. The molecule has 154 valence electrons. The zero-order valence-corrected chi connectivity index (χ0v) is 16.5. The van der Waals surface area contributed by atoms with Crippen molar-refractivity contribution in [3.63, 3.8) is 0 Å². The van der Waals surface area contributed by atoms with Crippen molar-refractivity contribution in [1.29, 1.82) is 0 Å². The number of nitrogens with zero attached hydrogens (tertiary/aromatic N) is 3. The average molecular weight is 420 g/mol. The summed E-state index contributed by atoms with van der Waals surface area (Å²) in [6.45, 7) is 0.392. The second kappa shape index (κ2) is 8.53. The monoisotopic (exact) mass is 420 g/mol. The number of nitro benzene ring substituents is 1. The highest BCUT2D eigenvalue weighted by Gasteiger charge is 2.32. The van der Waals surface area contributed by atoms with Crippen LogP contribution in [0.1, 0.15) is 12.8 Å². The number of anilines is 1. The first-order valence-electron chi connectivity index (χ1n) is 8.86. The zero-order chi connectivity index (χ0) is 21.0. The number of sulfonamides is 1. The van der Waals surface area contributed by atoms with E-state index in [0.29, 0.717) is 18.6 Å². The Bertz CT molecular complexity index is 1000. The lowest BCUT2D eigenvalue weighted by Crippen LogP contribution is -2.41. The number of hydrogen-bond acceptors (Lipinski definition) is 7. The molecule has 0 unspecified atom stereocenters. The Balaban J connectivity index is 1.67. The topological polar surface area (TPSA) is 132 Å². The first kappa shape index (κ1) is 20.7. The highest BCUT2D eigenvalue weighted by Crippen LogP contribution is 2.30. The molecule has 0 saturated carbocycles. The van der Waals surface area contributed by atoms with Crippen molar-refractivity contribution in [2.75, 3.05) is 25.5 Å². The van der Waals surface area contributed by atoms with Crippen LogP contribution in [0.3, 0.4) is 0 Å². The lowest BCUT2D eigenvalue weighted by Gasteiger charge is -2.30. The molecule has 0 spiro atoms. The number of rotatable bonds is 6. The maximum Gasteiger partial charge on any atom is 0.271 e. The number of methoxy groups -OCH3 is 1. The van der Waals surface area contributed by atoms with E-state index in [0.717, 1.165) is 0 Å². The summed E-state index contributed by atoms with van der Waals surface area (Å²) in [5.41, 5.74) is 0.0376. The van der Waals surface area contributed by atoms with Gasteiger partial charge in [0, 0.05) is 43.5 Å². The summed E-state index contributed by atoms with van der Waals surface area (Å²) in [7, 11) is -2.25. The van der Waals surface area contributed by atoms with Gasteiger partial charge in [-0.25, -0.2) is 8.42 Å². The molecule has 1 saturated heterocycles. The van der Waals surface area contributed by atoms with Gasteiger partial charge < -0.3 is 10.1 Å². The van der Waals surface area contributed by atoms with Gasteiger partial charge in [0.2, 0.25) is 15.9 Å². The fourth-order valence-electron chi connectivity index (χ4n) is 3.15. The van der Waals surface area contributed by atoms with Gasteiger partial charge in [-0.15, -0.1) is 0 Å². The number of nitrogens with one attached hydrogen (secondary N) is 1. The molecule has 0 aliphatic carbocycles. The van der Waals surface area contributed by atoms with Crippen molar-refractivity contribution in [3.8, 4) is 5.75 Å². The molecule has 1 aromatic heterocycles. The van der Waals surface area contributed by atoms with Crippen molar-refractivity contribution in [2.24, 2.45) is 5.92 Å². The second-order valence-electron chi connectivity index (χ2n) is 6.50. The smallest absolute Gasteiger partial charge is 0.271 e. The fourth-order valence-corrected chi connectivity index (χ4v) is 4.58. The van der Waals surface area contributed by atoms with Gasteiger partial charge in [-0.2, -0.15) is 4.31 Å². The maximum absolute atomic E-state index is 12.6. The number of carbonyl (C=O) groups is 1. The predicted octanol–water partition coefficient (Wildman–Crippen LogP) is 2.04.